The molecule has 0 radical (unpaired) electrons. The first kappa shape index (κ1) is 9.31. The van der Waals surface area contributed by atoms with E-state index >= 15 is 0 Å². The lowest BCUT2D eigenvalue weighted by Crippen LogP contribution is -2.15. The van der Waals surface area contributed by atoms with Crippen LogP contribution < -0.4 is 0 Å². The van der Waals surface area contributed by atoms with Crippen LogP contribution in [0.4, 0.5) is 0 Å². The Hall–Kier alpha value is -0.930. The molecule has 1 saturated heterocycles. The van der Waals surface area contributed by atoms with Crippen LogP contribution >= 0.6 is 11.3 Å². The standard InChI is InChI=1S/C12H13NOS/c1-2-6-11-10(5-1)13-12(15-11)9-4-3-7-14-8-9/h1-2,5-6,9H,3-4,7-8H2. The third kappa shape index (κ3) is 1.77. The van der Waals surface area contributed by atoms with Gasteiger partial charge in [-0.05, 0) is 25.0 Å². The SMILES string of the molecule is c1ccc2sc(C3CCCOC3)nc2c1. The van der Waals surface area contributed by atoms with Crippen LogP contribution in [0, 0.1) is 0 Å². The minimum absolute atomic E-state index is 0.524. The zero-order valence-electron chi connectivity index (χ0n) is 8.48. The second kappa shape index (κ2) is 3.91. The molecule has 0 spiro atoms. The third-order valence-electron chi connectivity index (χ3n) is 2.82. The highest BCUT2D eigenvalue weighted by atomic mass is 32.1. The number of para-hydroxylation sites is 1. The molecular formula is C12H13NOS. The fourth-order valence-electron chi connectivity index (χ4n) is 2.00. The van der Waals surface area contributed by atoms with Crippen LogP contribution in [0.5, 0.6) is 0 Å². The van der Waals surface area contributed by atoms with Gasteiger partial charge in [-0.2, -0.15) is 0 Å². The average Bonchev–Trinajstić information content (AvgIpc) is 2.74. The Morgan fingerprint density at radius 2 is 2.27 bits per heavy atom. The monoisotopic (exact) mass is 219 g/mol. The molecule has 1 aromatic heterocycles. The molecule has 3 heteroatoms. The smallest absolute Gasteiger partial charge is 0.0992 e. The summed E-state index contributed by atoms with van der Waals surface area (Å²) in [6, 6.07) is 8.34. The molecule has 0 saturated carbocycles. The van der Waals surface area contributed by atoms with Crippen LogP contribution in [0.15, 0.2) is 24.3 Å². The second-order valence-electron chi connectivity index (χ2n) is 3.93. The molecule has 0 aliphatic carbocycles. The first-order chi connectivity index (χ1) is 7.43. The summed E-state index contributed by atoms with van der Waals surface area (Å²) in [7, 11) is 0. The van der Waals surface area contributed by atoms with Gasteiger partial charge in [0.15, 0.2) is 0 Å². The van der Waals surface area contributed by atoms with Gasteiger partial charge in [0.05, 0.1) is 21.8 Å². The van der Waals surface area contributed by atoms with Crippen molar-refractivity contribution in [1.29, 1.82) is 0 Å². The molecule has 78 valence electrons. The molecule has 0 amide bonds. The number of hydrogen-bond donors (Lipinski definition) is 0. The van der Waals surface area contributed by atoms with Crippen molar-refractivity contribution in [3.05, 3.63) is 29.3 Å². The molecule has 2 heterocycles. The minimum atomic E-state index is 0.524. The maximum absolute atomic E-state index is 5.50. The van der Waals surface area contributed by atoms with Gasteiger partial charge < -0.3 is 4.74 Å². The fourth-order valence-corrected chi connectivity index (χ4v) is 3.09. The number of hydrogen-bond acceptors (Lipinski definition) is 3. The third-order valence-corrected chi connectivity index (χ3v) is 4.02. The van der Waals surface area contributed by atoms with Gasteiger partial charge in [-0.1, -0.05) is 12.1 Å². The first-order valence-electron chi connectivity index (χ1n) is 5.37. The summed E-state index contributed by atoms with van der Waals surface area (Å²) in [5.74, 6) is 0.524. The topological polar surface area (TPSA) is 22.1 Å². The molecule has 0 N–H and O–H groups in total. The van der Waals surface area contributed by atoms with Gasteiger partial charge in [0.1, 0.15) is 0 Å². The summed E-state index contributed by atoms with van der Waals surface area (Å²) in [5.41, 5.74) is 1.13. The Morgan fingerprint density at radius 3 is 3.07 bits per heavy atom. The van der Waals surface area contributed by atoms with Gasteiger partial charge in [-0.15, -0.1) is 11.3 Å². The molecule has 1 fully saturated rings. The van der Waals surface area contributed by atoms with E-state index in [-0.39, 0.29) is 0 Å². The van der Waals surface area contributed by atoms with Crippen molar-refractivity contribution in [2.24, 2.45) is 0 Å². The highest BCUT2D eigenvalue weighted by Crippen LogP contribution is 2.31. The Kier molecular flexibility index (Phi) is 2.43. The van der Waals surface area contributed by atoms with E-state index in [1.807, 2.05) is 17.4 Å². The number of nitrogens with zero attached hydrogens (tertiary/aromatic N) is 1. The zero-order valence-corrected chi connectivity index (χ0v) is 9.30. The zero-order chi connectivity index (χ0) is 10.1. The Balaban J connectivity index is 1.96. The van der Waals surface area contributed by atoms with Gasteiger partial charge in [-0.25, -0.2) is 4.98 Å². The lowest BCUT2D eigenvalue weighted by atomic mass is 10.0. The Bertz CT molecular complexity index is 426. The van der Waals surface area contributed by atoms with Crippen molar-refractivity contribution in [3.8, 4) is 0 Å². The number of aromatic nitrogens is 1. The molecule has 1 aromatic carbocycles. The molecule has 1 unspecified atom stereocenters. The molecule has 15 heavy (non-hydrogen) atoms. The van der Waals surface area contributed by atoms with Gasteiger partial charge in [0, 0.05) is 12.5 Å². The largest absolute Gasteiger partial charge is 0.381 e. The van der Waals surface area contributed by atoms with Crippen molar-refractivity contribution in [2.75, 3.05) is 13.2 Å². The molecule has 2 aromatic rings. The van der Waals surface area contributed by atoms with Crippen molar-refractivity contribution in [2.45, 2.75) is 18.8 Å². The van der Waals surface area contributed by atoms with Crippen LogP contribution in [-0.2, 0) is 4.74 Å². The van der Waals surface area contributed by atoms with E-state index in [2.05, 4.69) is 23.2 Å². The quantitative estimate of drug-likeness (QED) is 0.735. The van der Waals surface area contributed by atoms with Gasteiger partial charge >= 0.3 is 0 Å². The molecule has 2 nitrogen and oxygen atoms in total. The van der Waals surface area contributed by atoms with Crippen molar-refractivity contribution >= 4 is 21.6 Å². The molecular weight excluding hydrogens is 206 g/mol. The molecule has 1 atom stereocenters. The van der Waals surface area contributed by atoms with Crippen molar-refractivity contribution in [1.82, 2.24) is 4.98 Å². The number of fused-ring (bicyclic) bond motifs is 1. The van der Waals surface area contributed by atoms with Crippen LogP contribution in [-0.4, -0.2) is 18.2 Å². The van der Waals surface area contributed by atoms with Crippen LogP contribution in [0.2, 0.25) is 0 Å². The molecule has 3 rings (SSSR count). The lowest BCUT2D eigenvalue weighted by molar-refractivity contribution is 0.0804. The average molecular weight is 219 g/mol. The number of rotatable bonds is 1. The van der Waals surface area contributed by atoms with Gasteiger partial charge in [0.2, 0.25) is 0 Å². The molecule has 0 bridgehead atoms. The van der Waals surface area contributed by atoms with Crippen LogP contribution in [0.25, 0.3) is 10.2 Å². The van der Waals surface area contributed by atoms with E-state index in [0.717, 1.165) is 18.7 Å². The summed E-state index contributed by atoms with van der Waals surface area (Å²) in [5, 5.41) is 1.25. The van der Waals surface area contributed by atoms with E-state index in [0.29, 0.717) is 5.92 Å². The van der Waals surface area contributed by atoms with Crippen molar-refractivity contribution in [3.63, 3.8) is 0 Å². The molecule has 1 aliphatic heterocycles. The Morgan fingerprint density at radius 1 is 1.33 bits per heavy atom. The van der Waals surface area contributed by atoms with E-state index < -0.39 is 0 Å². The van der Waals surface area contributed by atoms with Crippen LogP contribution in [0.3, 0.4) is 0 Å². The van der Waals surface area contributed by atoms with E-state index in [1.165, 1.54) is 22.5 Å². The number of ether oxygens (including phenoxy) is 1. The normalized spacial score (nSPS) is 22.0. The predicted molar refractivity (Wildman–Crippen MR) is 62.4 cm³/mol. The van der Waals surface area contributed by atoms with Crippen LogP contribution in [0.1, 0.15) is 23.8 Å². The minimum Gasteiger partial charge on any atom is -0.381 e. The van der Waals surface area contributed by atoms with Gasteiger partial charge in [-0.3, -0.25) is 0 Å². The summed E-state index contributed by atoms with van der Waals surface area (Å²) in [6.45, 7) is 1.77. The Labute approximate surface area is 92.9 Å². The summed E-state index contributed by atoms with van der Waals surface area (Å²) in [6.07, 6.45) is 2.39. The summed E-state index contributed by atoms with van der Waals surface area (Å²) in [4.78, 5) is 4.67. The van der Waals surface area contributed by atoms with E-state index in [4.69, 9.17) is 4.74 Å². The van der Waals surface area contributed by atoms with Crippen molar-refractivity contribution < 1.29 is 4.74 Å². The highest BCUT2D eigenvalue weighted by Gasteiger charge is 2.19. The van der Waals surface area contributed by atoms with Gasteiger partial charge in [0.25, 0.3) is 0 Å². The summed E-state index contributed by atoms with van der Waals surface area (Å²) < 4.78 is 6.79. The van der Waals surface area contributed by atoms with E-state index in [1.54, 1.807) is 0 Å². The maximum atomic E-state index is 5.50. The maximum Gasteiger partial charge on any atom is 0.0992 e. The second-order valence-corrected chi connectivity index (χ2v) is 5.00. The number of benzene rings is 1. The lowest BCUT2D eigenvalue weighted by Gasteiger charge is -2.19. The fraction of sp³-hybridized carbons (Fsp3) is 0.417. The highest BCUT2D eigenvalue weighted by molar-refractivity contribution is 7.18. The first-order valence-corrected chi connectivity index (χ1v) is 6.18. The summed E-state index contributed by atoms with van der Waals surface area (Å²) >= 11 is 1.81. The molecule has 1 aliphatic rings. The van der Waals surface area contributed by atoms with E-state index in [9.17, 15) is 0 Å². The number of thiazole rings is 1. The predicted octanol–water partition coefficient (Wildman–Crippen LogP) is 3.19.